The molecule has 196 valence electrons. The third-order valence-electron chi connectivity index (χ3n) is 6.46. The molecule has 8 heteroatoms. The number of methoxy groups -OCH3 is 4. The van der Waals surface area contributed by atoms with Gasteiger partial charge in [0.1, 0.15) is 12.4 Å². The summed E-state index contributed by atoms with van der Waals surface area (Å²) < 4.78 is 29.0. The number of benzene rings is 3. The molecule has 0 atom stereocenters. The molecule has 1 aliphatic rings. The van der Waals surface area contributed by atoms with Crippen molar-refractivity contribution in [3.63, 3.8) is 0 Å². The van der Waals surface area contributed by atoms with E-state index < -0.39 is 6.09 Å². The Kier molecular flexibility index (Phi) is 7.42. The highest BCUT2D eigenvalue weighted by Gasteiger charge is 2.25. The summed E-state index contributed by atoms with van der Waals surface area (Å²) >= 11 is 1.68. The smallest absolute Gasteiger partial charge is 0.418 e. The van der Waals surface area contributed by atoms with Crippen LogP contribution in [-0.4, -0.2) is 34.5 Å². The van der Waals surface area contributed by atoms with E-state index in [2.05, 4.69) is 6.07 Å². The van der Waals surface area contributed by atoms with Crippen LogP contribution in [0.2, 0.25) is 0 Å². The maximum Gasteiger partial charge on any atom is 0.418 e. The zero-order valence-corrected chi connectivity index (χ0v) is 22.6. The summed E-state index contributed by atoms with van der Waals surface area (Å²) in [5.74, 6) is 2.53. The predicted octanol–water partition coefficient (Wildman–Crippen LogP) is 6.74. The number of hydrogen-bond acceptors (Lipinski definition) is 7. The van der Waals surface area contributed by atoms with E-state index in [4.69, 9.17) is 23.7 Å². The average molecular weight is 532 g/mol. The third kappa shape index (κ3) is 4.87. The Bertz CT molecular complexity index is 1470. The number of anilines is 1. The number of allylic oxidation sites excluding steroid dienone is 1. The van der Waals surface area contributed by atoms with Crippen molar-refractivity contribution in [2.24, 2.45) is 0 Å². The van der Waals surface area contributed by atoms with Crippen LogP contribution in [0, 0.1) is 0 Å². The maximum absolute atomic E-state index is 12.6. The van der Waals surface area contributed by atoms with Crippen molar-refractivity contribution in [2.45, 2.75) is 19.4 Å². The predicted molar refractivity (Wildman–Crippen MR) is 149 cm³/mol. The molecule has 3 aromatic carbocycles. The SMILES string of the molecule is COC(=O)N1C=CCc2c1cc(OCc1ccccc1)c1sc(Cc3cc(OC)c(OC)c(OC)c3)cc21. The fourth-order valence-electron chi connectivity index (χ4n) is 4.68. The molecule has 2 heterocycles. The molecular weight excluding hydrogens is 502 g/mol. The van der Waals surface area contributed by atoms with Crippen molar-refractivity contribution in [2.75, 3.05) is 33.3 Å². The van der Waals surface area contributed by atoms with Gasteiger partial charge < -0.3 is 23.7 Å². The van der Waals surface area contributed by atoms with Gasteiger partial charge in [0, 0.05) is 29.0 Å². The summed E-state index contributed by atoms with van der Waals surface area (Å²) in [6, 6.07) is 18.1. The molecule has 0 bridgehead atoms. The lowest BCUT2D eigenvalue weighted by molar-refractivity contribution is 0.181. The van der Waals surface area contributed by atoms with Crippen LogP contribution in [0.1, 0.15) is 21.6 Å². The summed E-state index contributed by atoms with van der Waals surface area (Å²) in [6.07, 6.45) is 4.66. The second-order valence-electron chi connectivity index (χ2n) is 8.74. The number of carbonyl (C=O) groups excluding carboxylic acids is 1. The molecule has 0 radical (unpaired) electrons. The molecule has 0 aliphatic carbocycles. The van der Waals surface area contributed by atoms with Gasteiger partial charge in [-0.05, 0) is 41.3 Å². The van der Waals surface area contributed by atoms with Gasteiger partial charge in [0.2, 0.25) is 5.75 Å². The molecule has 38 heavy (non-hydrogen) atoms. The first-order valence-electron chi connectivity index (χ1n) is 12.1. The van der Waals surface area contributed by atoms with Gasteiger partial charge in [0.05, 0.1) is 38.8 Å². The molecule has 5 rings (SSSR count). The first kappa shape index (κ1) is 25.5. The highest BCUT2D eigenvalue weighted by atomic mass is 32.1. The van der Waals surface area contributed by atoms with Crippen LogP contribution in [0.5, 0.6) is 23.0 Å². The van der Waals surface area contributed by atoms with Gasteiger partial charge in [-0.2, -0.15) is 0 Å². The molecule has 4 aromatic rings. The van der Waals surface area contributed by atoms with E-state index in [-0.39, 0.29) is 0 Å². The van der Waals surface area contributed by atoms with Gasteiger partial charge in [-0.3, -0.25) is 4.90 Å². The minimum absolute atomic E-state index is 0.420. The average Bonchev–Trinajstić information content (AvgIpc) is 3.39. The van der Waals surface area contributed by atoms with Crippen molar-refractivity contribution in [1.29, 1.82) is 0 Å². The fraction of sp³-hybridized carbons (Fsp3) is 0.233. The Morgan fingerprint density at radius 2 is 1.63 bits per heavy atom. The zero-order valence-electron chi connectivity index (χ0n) is 21.8. The summed E-state index contributed by atoms with van der Waals surface area (Å²) in [7, 11) is 6.21. The maximum atomic E-state index is 12.6. The van der Waals surface area contributed by atoms with Crippen LogP contribution in [0.15, 0.2) is 66.9 Å². The lowest BCUT2D eigenvalue weighted by Crippen LogP contribution is -2.27. The monoisotopic (exact) mass is 531 g/mol. The van der Waals surface area contributed by atoms with E-state index in [0.717, 1.165) is 43.1 Å². The van der Waals surface area contributed by atoms with Crippen LogP contribution < -0.4 is 23.8 Å². The Labute approximate surface area is 225 Å². The number of amides is 1. The third-order valence-corrected chi connectivity index (χ3v) is 7.61. The standard InChI is InChI=1S/C30H29NO6S/c1-33-25-14-20(15-26(34-2)28(25)35-3)13-21-16-23-22-11-8-12-31(30(32)36-4)24(22)17-27(29(23)38-21)37-18-19-9-6-5-7-10-19/h5-10,12,14-17H,11,13,18H2,1-4H3. The molecule has 1 aromatic heterocycles. The molecule has 0 spiro atoms. The van der Waals surface area contributed by atoms with Crippen molar-refractivity contribution >= 4 is 33.2 Å². The molecule has 0 saturated heterocycles. The molecule has 0 N–H and O–H groups in total. The van der Waals surface area contributed by atoms with Crippen molar-refractivity contribution < 1.29 is 28.5 Å². The lowest BCUT2D eigenvalue weighted by atomic mass is 10.00. The first-order valence-corrected chi connectivity index (χ1v) is 13.0. The molecule has 1 amide bonds. The van der Waals surface area contributed by atoms with E-state index in [1.165, 1.54) is 12.0 Å². The minimum Gasteiger partial charge on any atom is -0.493 e. The Balaban J connectivity index is 1.58. The van der Waals surface area contributed by atoms with E-state index in [1.54, 1.807) is 38.9 Å². The normalized spacial score (nSPS) is 12.3. The number of hydrogen-bond donors (Lipinski definition) is 0. The van der Waals surface area contributed by atoms with Gasteiger partial charge >= 0.3 is 6.09 Å². The summed E-state index contributed by atoms with van der Waals surface area (Å²) in [6.45, 7) is 0.420. The van der Waals surface area contributed by atoms with Crippen molar-refractivity contribution in [3.8, 4) is 23.0 Å². The molecule has 0 fully saturated rings. The fourth-order valence-corrected chi connectivity index (χ4v) is 5.86. The van der Waals surface area contributed by atoms with E-state index in [1.807, 2.05) is 54.6 Å². The van der Waals surface area contributed by atoms with Crippen molar-refractivity contribution in [1.82, 2.24) is 0 Å². The number of fused-ring (bicyclic) bond motifs is 3. The Morgan fingerprint density at radius 3 is 2.29 bits per heavy atom. The van der Waals surface area contributed by atoms with Crippen LogP contribution in [0.4, 0.5) is 10.5 Å². The number of thiophene rings is 1. The Hall–Kier alpha value is -4.17. The van der Waals surface area contributed by atoms with Crippen LogP contribution >= 0.6 is 11.3 Å². The molecule has 0 saturated carbocycles. The first-order chi connectivity index (χ1) is 18.6. The Morgan fingerprint density at radius 1 is 0.895 bits per heavy atom. The molecule has 0 unspecified atom stereocenters. The highest BCUT2D eigenvalue weighted by molar-refractivity contribution is 7.19. The summed E-state index contributed by atoms with van der Waals surface area (Å²) in [5.41, 5.74) is 3.93. The van der Waals surface area contributed by atoms with Crippen molar-refractivity contribution in [3.05, 3.63) is 88.4 Å². The quantitative estimate of drug-likeness (QED) is 0.251. The van der Waals surface area contributed by atoms with Gasteiger partial charge in [-0.1, -0.05) is 36.4 Å². The zero-order chi connectivity index (χ0) is 26.6. The number of carbonyl (C=O) groups is 1. The van der Waals surface area contributed by atoms with Gasteiger partial charge in [0.25, 0.3) is 0 Å². The van der Waals surface area contributed by atoms with E-state index in [9.17, 15) is 4.79 Å². The van der Waals surface area contributed by atoms with E-state index in [0.29, 0.717) is 36.7 Å². The second-order valence-corrected chi connectivity index (χ2v) is 9.88. The highest BCUT2D eigenvalue weighted by Crippen LogP contribution is 2.45. The minimum atomic E-state index is -0.441. The summed E-state index contributed by atoms with van der Waals surface area (Å²) in [5, 5.41) is 1.07. The molecule has 7 nitrogen and oxygen atoms in total. The van der Waals surface area contributed by atoms with Crippen LogP contribution in [0.25, 0.3) is 10.1 Å². The van der Waals surface area contributed by atoms with E-state index >= 15 is 0 Å². The number of rotatable bonds is 8. The summed E-state index contributed by atoms with van der Waals surface area (Å²) in [4.78, 5) is 15.2. The van der Waals surface area contributed by atoms with Crippen LogP contribution in [0.3, 0.4) is 0 Å². The molecular formula is C30H29NO6S. The number of ether oxygens (including phenoxy) is 5. The topological polar surface area (TPSA) is 66.5 Å². The largest absolute Gasteiger partial charge is 0.493 e. The lowest BCUT2D eigenvalue weighted by Gasteiger charge is -2.25. The molecule has 1 aliphatic heterocycles. The van der Waals surface area contributed by atoms with Crippen LogP contribution in [-0.2, 0) is 24.2 Å². The van der Waals surface area contributed by atoms with Gasteiger partial charge in [-0.25, -0.2) is 4.79 Å². The van der Waals surface area contributed by atoms with Gasteiger partial charge in [-0.15, -0.1) is 11.3 Å². The van der Waals surface area contributed by atoms with Gasteiger partial charge in [0.15, 0.2) is 11.5 Å². The number of nitrogens with zero attached hydrogens (tertiary/aromatic N) is 1. The second kappa shape index (κ2) is 11.1.